The van der Waals surface area contributed by atoms with Crippen LogP contribution < -0.4 is 5.32 Å². The molecular formula is C15H14N4O3S. The maximum absolute atomic E-state index is 12.2. The molecule has 0 atom stereocenters. The van der Waals surface area contributed by atoms with E-state index in [9.17, 15) is 4.79 Å². The Balaban J connectivity index is 1.41. The van der Waals surface area contributed by atoms with Crippen LogP contribution in [-0.2, 0) is 16.0 Å². The third kappa shape index (κ3) is 2.96. The normalized spacial score (nSPS) is 15.3. The minimum Gasteiger partial charge on any atom is -0.347 e. The van der Waals surface area contributed by atoms with Crippen LogP contribution in [0.2, 0.25) is 0 Å². The minimum atomic E-state index is -0.440. The number of carbonyl (C=O) groups is 1. The van der Waals surface area contributed by atoms with Gasteiger partial charge in [-0.05, 0) is 11.6 Å². The fourth-order valence-corrected chi connectivity index (χ4v) is 3.18. The summed E-state index contributed by atoms with van der Waals surface area (Å²) in [7, 11) is 0. The monoisotopic (exact) mass is 330 g/mol. The molecule has 1 saturated heterocycles. The second-order valence-electron chi connectivity index (χ2n) is 5.08. The average molecular weight is 330 g/mol. The third-order valence-electron chi connectivity index (χ3n) is 3.49. The van der Waals surface area contributed by atoms with Crippen molar-refractivity contribution in [2.45, 2.75) is 12.8 Å². The molecule has 3 aromatic heterocycles. The van der Waals surface area contributed by atoms with Crippen molar-refractivity contribution >= 4 is 22.8 Å². The lowest BCUT2D eigenvalue weighted by Crippen LogP contribution is -2.21. The molecule has 1 aliphatic rings. The molecule has 0 aromatic carbocycles. The van der Waals surface area contributed by atoms with E-state index in [1.807, 2.05) is 22.7 Å². The molecule has 8 heteroatoms. The van der Waals surface area contributed by atoms with Gasteiger partial charge >= 0.3 is 0 Å². The molecule has 0 aliphatic carbocycles. The molecular weight excluding hydrogens is 316 g/mol. The van der Waals surface area contributed by atoms with Crippen LogP contribution in [0.1, 0.15) is 26.5 Å². The Hall–Kier alpha value is -2.29. The van der Waals surface area contributed by atoms with E-state index in [1.165, 1.54) is 11.3 Å². The zero-order valence-corrected chi connectivity index (χ0v) is 13.0. The fourth-order valence-electron chi connectivity index (χ4n) is 2.34. The summed E-state index contributed by atoms with van der Waals surface area (Å²) in [6, 6.07) is 3.93. The number of rotatable bonds is 4. The molecule has 0 bridgehead atoms. The number of nitrogens with zero attached hydrogens (tertiary/aromatic N) is 3. The Labute approximate surface area is 135 Å². The fraction of sp³-hybridized carbons (Fsp3) is 0.267. The highest BCUT2D eigenvalue weighted by molar-refractivity contribution is 7.13. The van der Waals surface area contributed by atoms with Gasteiger partial charge in [0, 0.05) is 12.7 Å². The van der Waals surface area contributed by atoms with Gasteiger partial charge in [-0.25, -0.2) is 9.97 Å². The summed E-state index contributed by atoms with van der Waals surface area (Å²) in [5.41, 5.74) is 2.01. The molecule has 1 N–H and O–H groups in total. The van der Waals surface area contributed by atoms with Crippen LogP contribution in [0, 0.1) is 0 Å². The van der Waals surface area contributed by atoms with E-state index in [4.69, 9.17) is 9.47 Å². The van der Waals surface area contributed by atoms with Gasteiger partial charge in [0.25, 0.3) is 5.91 Å². The van der Waals surface area contributed by atoms with Gasteiger partial charge in [-0.15, -0.1) is 11.3 Å². The summed E-state index contributed by atoms with van der Waals surface area (Å²) in [6.07, 6.45) is 6.58. The Morgan fingerprint density at radius 2 is 2.22 bits per heavy atom. The van der Waals surface area contributed by atoms with Crippen molar-refractivity contribution in [3.63, 3.8) is 0 Å². The number of amides is 1. The highest BCUT2D eigenvalue weighted by Gasteiger charge is 2.23. The number of carbonyl (C=O) groups excluding carboxylic acids is 1. The summed E-state index contributed by atoms with van der Waals surface area (Å²) >= 11 is 1.29. The number of nitrogens with one attached hydrogen (secondary N) is 1. The lowest BCUT2D eigenvalue weighted by atomic mass is 10.2. The summed E-state index contributed by atoms with van der Waals surface area (Å²) in [5.74, 6) is -0.155. The molecule has 1 amide bonds. The second-order valence-corrected chi connectivity index (χ2v) is 6.14. The number of thiazole rings is 1. The Kier molecular flexibility index (Phi) is 3.78. The minimum absolute atomic E-state index is 0.155. The number of aromatic nitrogens is 3. The molecule has 7 nitrogen and oxygen atoms in total. The molecule has 3 aromatic rings. The highest BCUT2D eigenvalue weighted by atomic mass is 32.1. The molecule has 1 fully saturated rings. The molecule has 118 valence electrons. The first kappa shape index (κ1) is 14.3. The summed E-state index contributed by atoms with van der Waals surface area (Å²) in [4.78, 5) is 21.0. The molecule has 4 heterocycles. The molecule has 0 unspecified atom stereocenters. The van der Waals surface area contributed by atoms with E-state index in [-0.39, 0.29) is 5.91 Å². The maximum Gasteiger partial charge on any atom is 0.263 e. The van der Waals surface area contributed by atoms with Crippen molar-refractivity contribution in [1.82, 2.24) is 19.7 Å². The maximum atomic E-state index is 12.2. The topological polar surface area (TPSA) is 77.8 Å². The van der Waals surface area contributed by atoms with Crippen molar-refractivity contribution in [2.75, 3.05) is 13.2 Å². The number of pyridine rings is 1. The van der Waals surface area contributed by atoms with E-state index in [1.54, 1.807) is 18.7 Å². The highest BCUT2D eigenvalue weighted by Crippen LogP contribution is 2.27. The average Bonchev–Trinajstić information content (AvgIpc) is 3.32. The second kappa shape index (κ2) is 6.07. The van der Waals surface area contributed by atoms with Crippen LogP contribution in [-0.4, -0.2) is 33.5 Å². The van der Waals surface area contributed by atoms with Crippen molar-refractivity contribution in [3.05, 3.63) is 52.5 Å². The summed E-state index contributed by atoms with van der Waals surface area (Å²) in [6.45, 7) is 1.56. The van der Waals surface area contributed by atoms with Crippen LogP contribution in [0.3, 0.4) is 0 Å². The number of fused-ring (bicyclic) bond motifs is 1. The molecule has 0 radical (unpaired) electrons. The largest absolute Gasteiger partial charge is 0.347 e. The quantitative estimate of drug-likeness (QED) is 0.789. The van der Waals surface area contributed by atoms with E-state index in [2.05, 4.69) is 15.3 Å². The first-order valence-electron chi connectivity index (χ1n) is 7.17. The van der Waals surface area contributed by atoms with Gasteiger partial charge in [-0.2, -0.15) is 0 Å². The zero-order chi connectivity index (χ0) is 15.6. The smallest absolute Gasteiger partial charge is 0.263 e. The molecule has 0 spiro atoms. The zero-order valence-electron chi connectivity index (χ0n) is 12.1. The lowest BCUT2D eigenvalue weighted by Gasteiger charge is -2.05. The van der Waals surface area contributed by atoms with Crippen LogP contribution in [0.15, 0.2) is 37.1 Å². The predicted molar refractivity (Wildman–Crippen MR) is 83.1 cm³/mol. The van der Waals surface area contributed by atoms with Crippen LogP contribution in [0.5, 0.6) is 0 Å². The van der Waals surface area contributed by atoms with Gasteiger partial charge in [0.15, 0.2) is 0 Å². The number of imidazole rings is 1. The van der Waals surface area contributed by atoms with Gasteiger partial charge in [0.05, 0.1) is 37.5 Å². The van der Waals surface area contributed by atoms with Crippen LogP contribution in [0.25, 0.3) is 5.52 Å². The summed E-state index contributed by atoms with van der Waals surface area (Å²) in [5, 5.41) is 3.57. The van der Waals surface area contributed by atoms with Crippen molar-refractivity contribution in [3.8, 4) is 0 Å². The van der Waals surface area contributed by atoms with E-state index in [0.717, 1.165) is 11.1 Å². The molecule has 0 saturated carbocycles. The van der Waals surface area contributed by atoms with Crippen molar-refractivity contribution in [1.29, 1.82) is 0 Å². The molecule has 1 aliphatic heterocycles. The number of hydrogen-bond donors (Lipinski definition) is 1. The lowest BCUT2D eigenvalue weighted by molar-refractivity contribution is -0.0442. The first-order valence-corrected chi connectivity index (χ1v) is 7.99. The molecule has 4 rings (SSSR count). The Morgan fingerprint density at radius 1 is 1.35 bits per heavy atom. The van der Waals surface area contributed by atoms with Crippen molar-refractivity contribution < 1.29 is 14.3 Å². The van der Waals surface area contributed by atoms with E-state index < -0.39 is 6.29 Å². The third-order valence-corrected chi connectivity index (χ3v) is 4.51. The van der Waals surface area contributed by atoms with Gasteiger partial charge in [0.1, 0.15) is 9.88 Å². The standard InChI is InChI=1S/C15H14N4O3S/c20-13(12-7-18-14(23-12)15-21-3-4-22-15)17-5-10-1-2-11-6-16-9-19(11)8-10/h1-2,6-9,15H,3-5H2,(H,17,20). The van der Waals surface area contributed by atoms with Gasteiger partial charge < -0.3 is 19.2 Å². The Bertz CT molecular complexity index is 838. The SMILES string of the molecule is O=C(NCc1ccc2cncn2c1)c1cnc(C2OCCO2)s1. The number of ether oxygens (including phenoxy) is 2. The van der Waals surface area contributed by atoms with Crippen molar-refractivity contribution in [2.24, 2.45) is 0 Å². The Morgan fingerprint density at radius 3 is 3.09 bits per heavy atom. The van der Waals surface area contributed by atoms with E-state index >= 15 is 0 Å². The van der Waals surface area contributed by atoms with E-state index in [0.29, 0.717) is 29.6 Å². The van der Waals surface area contributed by atoms with Crippen LogP contribution in [0.4, 0.5) is 0 Å². The first-order chi connectivity index (χ1) is 11.3. The van der Waals surface area contributed by atoms with Gasteiger partial charge in [0.2, 0.25) is 6.29 Å². The van der Waals surface area contributed by atoms with Gasteiger partial charge in [-0.3, -0.25) is 4.79 Å². The molecule has 23 heavy (non-hydrogen) atoms. The summed E-state index contributed by atoms with van der Waals surface area (Å²) < 4.78 is 12.7. The predicted octanol–water partition coefficient (Wildman–Crippen LogP) is 1.77. The number of hydrogen-bond acceptors (Lipinski definition) is 6. The van der Waals surface area contributed by atoms with Crippen LogP contribution >= 0.6 is 11.3 Å². The van der Waals surface area contributed by atoms with Gasteiger partial charge in [-0.1, -0.05) is 6.07 Å².